The maximum atomic E-state index is 12.9. The molecule has 0 saturated heterocycles. The summed E-state index contributed by atoms with van der Waals surface area (Å²) in [5.41, 5.74) is 0.447. The molecule has 0 atom stereocenters. The molecule has 0 radical (unpaired) electrons. The molecule has 0 aliphatic carbocycles. The summed E-state index contributed by atoms with van der Waals surface area (Å²) in [5, 5.41) is -0.0446. The first-order chi connectivity index (χ1) is 6.00. The van der Waals surface area contributed by atoms with Gasteiger partial charge in [-0.3, -0.25) is 0 Å². The van der Waals surface area contributed by atoms with Gasteiger partial charge >= 0.3 is 0 Å². The number of allylic oxidation sites excluding steroid dienone is 3. The molecule has 0 saturated carbocycles. The van der Waals surface area contributed by atoms with E-state index in [1.807, 2.05) is 13.8 Å². The van der Waals surface area contributed by atoms with E-state index < -0.39 is 5.83 Å². The van der Waals surface area contributed by atoms with E-state index in [9.17, 15) is 4.39 Å². The molecule has 0 amide bonds. The minimum atomic E-state index is -0.665. The third-order valence-corrected chi connectivity index (χ3v) is 1.55. The lowest BCUT2D eigenvalue weighted by atomic mass is 10.3. The Hall–Kier alpha value is -0.760. The van der Waals surface area contributed by atoms with Gasteiger partial charge in [0.1, 0.15) is 5.76 Å². The van der Waals surface area contributed by atoms with Crippen LogP contribution in [0.4, 0.5) is 4.39 Å². The number of hydrogen-bond donors (Lipinski definition) is 0. The summed E-state index contributed by atoms with van der Waals surface area (Å²) in [7, 11) is 1.32. The lowest BCUT2D eigenvalue weighted by Crippen LogP contribution is -1.88. The Kier molecular flexibility index (Phi) is 8.92. The van der Waals surface area contributed by atoms with Crippen LogP contribution in [0.2, 0.25) is 0 Å². The van der Waals surface area contributed by atoms with Crippen molar-refractivity contribution in [3.8, 4) is 0 Å². The van der Waals surface area contributed by atoms with E-state index in [0.717, 1.165) is 0 Å². The van der Waals surface area contributed by atoms with Gasteiger partial charge in [0.2, 0.25) is 0 Å². The third kappa shape index (κ3) is 5.47. The number of halogens is 2. The van der Waals surface area contributed by atoms with Gasteiger partial charge < -0.3 is 4.74 Å². The van der Waals surface area contributed by atoms with E-state index in [1.54, 1.807) is 6.92 Å². The summed E-state index contributed by atoms with van der Waals surface area (Å²) in [6.07, 6.45) is 0. The molecule has 13 heavy (non-hydrogen) atoms. The predicted molar refractivity (Wildman–Crippen MR) is 56.3 cm³/mol. The molecule has 0 aliphatic heterocycles. The fraction of sp³-hybridized carbons (Fsp3) is 0.400. The first kappa shape index (κ1) is 14.7. The quantitative estimate of drug-likeness (QED) is 0.498. The second kappa shape index (κ2) is 7.87. The Morgan fingerprint density at radius 3 is 1.92 bits per heavy atom. The zero-order chi connectivity index (χ0) is 11.0. The zero-order valence-electron chi connectivity index (χ0n) is 8.58. The third-order valence-electron chi connectivity index (χ3n) is 1.06. The van der Waals surface area contributed by atoms with Crippen LogP contribution in [-0.4, -0.2) is 7.11 Å². The second-order valence-corrected chi connectivity index (χ2v) is 2.41. The van der Waals surface area contributed by atoms with Crippen LogP contribution >= 0.6 is 11.6 Å². The molecule has 0 unspecified atom stereocenters. The number of rotatable bonds is 3. The molecule has 3 heteroatoms. The van der Waals surface area contributed by atoms with Crippen molar-refractivity contribution in [1.29, 1.82) is 0 Å². The summed E-state index contributed by atoms with van der Waals surface area (Å²) < 4.78 is 17.4. The van der Waals surface area contributed by atoms with Crippen molar-refractivity contribution < 1.29 is 9.13 Å². The van der Waals surface area contributed by atoms with Crippen LogP contribution in [0.15, 0.2) is 35.3 Å². The van der Waals surface area contributed by atoms with Gasteiger partial charge in [0.15, 0.2) is 5.83 Å². The van der Waals surface area contributed by atoms with Gasteiger partial charge in [-0.15, -0.1) is 0 Å². The normalized spacial score (nSPS) is 10.6. The van der Waals surface area contributed by atoms with Crippen LogP contribution in [0.3, 0.4) is 0 Å². The molecule has 1 nitrogen and oxygen atoms in total. The lowest BCUT2D eigenvalue weighted by molar-refractivity contribution is 0.285. The molecule has 0 aromatic heterocycles. The van der Waals surface area contributed by atoms with E-state index >= 15 is 0 Å². The van der Waals surface area contributed by atoms with Crippen molar-refractivity contribution in [3.63, 3.8) is 0 Å². The molecule has 0 bridgehead atoms. The van der Waals surface area contributed by atoms with Crippen LogP contribution in [0.25, 0.3) is 0 Å². The highest BCUT2D eigenvalue weighted by molar-refractivity contribution is 6.32. The molecule has 76 valence electrons. The fourth-order valence-electron chi connectivity index (χ4n) is 0.399. The van der Waals surface area contributed by atoms with E-state index in [1.165, 1.54) is 7.11 Å². The highest BCUT2D eigenvalue weighted by Crippen LogP contribution is 2.23. The van der Waals surface area contributed by atoms with E-state index in [4.69, 9.17) is 11.6 Å². The van der Waals surface area contributed by atoms with Crippen molar-refractivity contribution in [3.05, 3.63) is 35.3 Å². The van der Waals surface area contributed by atoms with Gasteiger partial charge in [0.25, 0.3) is 0 Å². The molecular formula is C10H16ClFO. The highest BCUT2D eigenvalue weighted by atomic mass is 35.5. The summed E-state index contributed by atoms with van der Waals surface area (Å²) in [6, 6.07) is 0. The van der Waals surface area contributed by atoms with Crippen molar-refractivity contribution >= 4 is 11.6 Å². The average molecular weight is 207 g/mol. The van der Waals surface area contributed by atoms with Gasteiger partial charge in [-0.2, -0.15) is 0 Å². The van der Waals surface area contributed by atoms with Gasteiger partial charge in [-0.25, -0.2) is 4.39 Å². The lowest BCUT2D eigenvalue weighted by Gasteiger charge is -2.03. The minimum absolute atomic E-state index is 0.0446. The number of hydrogen-bond acceptors (Lipinski definition) is 1. The first-order valence-electron chi connectivity index (χ1n) is 3.95. The first-order valence-corrected chi connectivity index (χ1v) is 4.33. The molecule has 0 spiro atoms. The van der Waals surface area contributed by atoms with Crippen molar-refractivity contribution in [2.75, 3.05) is 7.11 Å². The molecule has 0 aliphatic rings. The van der Waals surface area contributed by atoms with Crippen molar-refractivity contribution in [2.24, 2.45) is 0 Å². The molecule has 0 N–H and O–H groups in total. The molecule has 0 fully saturated rings. The summed E-state index contributed by atoms with van der Waals surface area (Å²) in [5.74, 6) is -0.750. The Morgan fingerprint density at radius 2 is 1.69 bits per heavy atom. The summed E-state index contributed by atoms with van der Waals surface area (Å²) in [4.78, 5) is 0. The van der Waals surface area contributed by atoms with Crippen LogP contribution in [0.5, 0.6) is 0 Å². The van der Waals surface area contributed by atoms with Crippen molar-refractivity contribution in [1.82, 2.24) is 0 Å². The van der Waals surface area contributed by atoms with Crippen LogP contribution in [0.1, 0.15) is 20.8 Å². The van der Waals surface area contributed by atoms with E-state index in [2.05, 4.69) is 17.9 Å². The van der Waals surface area contributed by atoms with Crippen molar-refractivity contribution in [2.45, 2.75) is 20.8 Å². The van der Waals surface area contributed by atoms with Gasteiger partial charge in [0, 0.05) is 0 Å². The maximum absolute atomic E-state index is 12.9. The Bertz CT molecular complexity index is 219. The van der Waals surface area contributed by atoms with Gasteiger partial charge in [-0.05, 0) is 12.5 Å². The van der Waals surface area contributed by atoms with Crippen LogP contribution < -0.4 is 0 Å². The number of methoxy groups -OCH3 is 1. The summed E-state index contributed by atoms with van der Waals surface area (Å²) in [6.45, 7) is 12.4. The predicted octanol–water partition coefficient (Wildman–Crippen LogP) is 4.17. The standard InChI is InChI=1S/C8H10ClFO.C2H6/c1-5(2)7(9)8(10)6(3)11-4;1-2/h1,3H2,2,4H3;1-2H3/b8-7-;. The largest absolute Gasteiger partial charge is 0.494 e. The van der Waals surface area contributed by atoms with E-state index in [0.29, 0.717) is 5.57 Å². The number of ether oxygens (including phenoxy) is 1. The second-order valence-electron chi connectivity index (χ2n) is 2.04. The molecular weight excluding hydrogens is 191 g/mol. The smallest absolute Gasteiger partial charge is 0.183 e. The Balaban J connectivity index is 0. The molecule has 0 heterocycles. The maximum Gasteiger partial charge on any atom is 0.183 e. The molecule has 0 aromatic rings. The van der Waals surface area contributed by atoms with Gasteiger partial charge in [-0.1, -0.05) is 38.6 Å². The molecule has 0 aromatic carbocycles. The zero-order valence-corrected chi connectivity index (χ0v) is 9.33. The monoisotopic (exact) mass is 206 g/mol. The van der Waals surface area contributed by atoms with E-state index in [-0.39, 0.29) is 10.8 Å². The molecule has 0 rings (SSSR count). The fourth-order valence-corrected chi connectivity index (χ4v) is 0.505. The van der Waals surface area contributed by atoms with Crippen LogP contribution in [-0.2, 0) is 4.74 Å². The van der Waals surface area contributed by atoms with Gasteiger partial charge in [0.05, 0.1) is 12.1 Å². The highest BCUT2D eigenvalue weighted by Gasteiger charge is 2.08. The average Bonchev–Trinajstić information content (AvgIpc) is 2.17. The topological polar surface area (TPSA) is 9.23 Å². The SMILES string of the molecule is C=C(OC)/C(F)=C(/Cl)C(=C)C.CC. The Morgan fingerprint density at radius 1 is 1.31 bits per heavy atom. The summed E-state index contributed by atoms with van der Waals surface area (Å²) >= 11 is 5.50. The van der Waals surface area contributed by atoms with Crippen LogP contribution in [0, 0.1) is 0 Å². The Labute approximate surface area is 84.5 Å². The minimum Gasteiger partial charge on any atom is -0.494 e.